The number of hydrogen-bond donors (Lipinski definition) is 0. The van der Waals surface area contributed by atoms with E-state index in [0.29, 0.717) is 29.7 Å². The van der Waals surface area contributed by atoms with E-state index in [-0.39, 0.29) is 17.5 Å². The molecule has 0 bridgehead atoms. The van der Waals surface area contributed by atoms with Gasteiger partial charge in [0.2, 0.25) is 5.76 Å². The first kappa shape index (κ1) is 15.3. The van der Waals surface area contributed by atoms with Crippen LogP contribution in [0.4, 0.5) is 0 Å². The van der Waals surface area contributed by atoms with Crippen molar-refractivity contribution < 1.29 is 23.5 Å². The first-order valence-corrected chi connectivity index (χ1v) is 7.43. The zero-order chi connectivity index (χ0) is 16.6. The quantitative estimate of drug-likeness (QED) is 0.813. The van der Waals surface area contributed by atoms with Gasteiger partial charge >= 0.3 is 5.97 Å². The molecular formula is C18H18O5. The Labute approximate surface area is 134 Å². The van der Waals surface area contributed by atoms with Crippen molar-refractivity contribution >= 4 is 11.8 Å². The van der Waals surface area contributed by atoms with Crippen molar-refractivity contribution in [3.8, 4) is 5.75 Å². The number of Topliss-reactive ketones (excluding diaryl/α,β-unsaturated/α-hetero) is 1. The Kier molecular flexibility index (Phi) is 3.94. The van der Waals surface area contributed by atoms with Crippen molar-refractivity contribution in [3.05, 3.63) is 52.5 Å². The largest absolute Gasteiger partial charge is 0.496 e. The molecule has 1 atom stereocenters. The summed E-state index contributed by atoms with van der Waals surface area (Å²) in [5, 5.41) is 0. The van der Waals surface area contributed by atoms with E-state index >= 15 is 0 Å². The van der Waals surface area contributed by atoms with E-state index in [1.54, 1.807) is 14.0 Å². The Morgan fingerprint density at radius 2 is 1.96 bits per heavy atom. The molecule has 0 fully saturated rings. The number of carbonyl (C=O) groups excluding carboxylic acids is 2. The standard InChI is InChI=1S/C18H18O5/c1-10-16-13(19)8-11(12-6-4-5-7-14(12)21-2)9-15(16)23-17(10)18(20)22-3/h4-7,11H,8-9H2,1-3H3/t11-/m1/s1. The molecule has 3 rings (SSSR count). The predicted molar refractivity (Wildman–Crippen MR) is 83.2 cm³/mol. The second-order valence-corrected chi connectivity index (χ2v) is 5.62. The molecule has 0 radical (unpaired) electrons. The number of fused-ring (bicyclic) bond motifs is 1. The van der Waals surface area contributed by atoms with Gasteiger partial charge in [-0.3, -0.25) is 4.79 Å². The fourth-order valence-electron chi connectivity index (χ4n) is 3.21. The van der Waals surface area contributed by atoms with Crippen LogP contribution in [0.15, 0.2) is 28.7 Å². The van der Waals surface area contributed by atoms with Gasteiger partial charge in [-0.05, 0) is 18.6 Å². The molecular weight excluding hydrogens is 296 g/mol. The van der Waals surface area contributed by atoms with E-state index in [9.17, 15) is 9.59 Å². The molecule has 1 aromatic carbocycles. The number of esters is 1. The number of hydrogen-bond acceptors (Lipinski definition) is 5. The first-order valence-electron chi connectivity index (χ1n) is 7.43. The lowest BCUT2D eigenvalue weighted by molar-refractivity contribution is 0.0561. The van der Waals surface area contributed by atoms with Crippen LogP contribution >= 0.6 is 0 Å². The first-order chi connectivity index (χ1) is 11.1. The van der Waals surface area contributed by atoms with Crippen molar-refractivity contribution in [2.24, 2.45) is 0 Å². The van der Waals surface area contributed by atoms with Gasteiger partial charge in [-0.25, -0.2) is 4.79 Å². The minimum atomic E-state index is -0.557. The lowest BCUT2D eigenvalue weighted by Gasteiger charge is -2.22. The van der Waals surface area contributed by atoms with Crippen LogP contribution in [0.5, 0.6) is 5.75 Å². The fourth-order valence-corrected chi connectivity index (χ4v) is 3.21. The summed E-state index contributed by atoms with van der Waals surface area (Å²) in [4.78, 5) is 24.3. The molecule has 5 heteroatoms. The van der Waals surface area contributed by atoms with E-state index in [1.807, 2.05) is 24.3 Å². The molecule has 0 saturated carbocycles. The lowest BCUT2D eigenvalue weighted by Crippen LogP contribution is -2.18. The number of furan rings is 1. The maximum absolute atomic E-state index is 12.6. The van der Waals surface area contributed by atoms with Crippen LogP contribution in [0, 0.1) is 6.92 Å². The van der Waals surface area contributed by atoms with E-state index in [4.69, 9.17) is 13.9 Å². The normalized spacial score (nSPS) is 16.8. The monoisotopic (exact) mass is 314 g/mol. The predicted octanol–water partition coefficient (Wildman–Crippen LogP) is 3.30. The van der Waals surface area contributed by atoms with Crippen molar-refractivity contribution in [2.45, 2.75) is 25.7 Å². The van der Waals surface area contributed by atoms with Gasteiger partial charge in [0.1, 0.15) is 11.5 Å². The highest BCUT2D eigenvalue weighted by molar-refractivity contribution is 6.03. The number of carbonyl (C=O) groups is 2. The van der Waals surface area contributed by atoms with Crippen molar-refractivity contribution in [1.82, 2.24) is 0 Å². The zero-order valence-corrected chi connectivity index (χ0v) is 13.3. The Balaban J connectivity index is 2.01. The molecule has 1 aliphatic carbocycles. The molecule has 5 nitrogen and oxygen atoms in total. The van der Waals surface area contributed by atoms with Gasteiger partial charge in [0, 0.05) is 24.3 Å². The molecule has 120 valence electrons. The lowest BCUT2D eigenvalue weighted by atomic mass is 9.81. The summed E-state index contributed by atoms with van der Waals surface area (Å²) >= 11 is 0. The third kappa shape index (κ3) is 2.52. The number of benzene rings is 1. The molecule has 2 aromatic rings. The maximum atomic E-state index is 12.6. The van der Waals surface area contributed by atoms with Crippen LogP contribution in [0.1, 0.15) is 50.1 Å². The number of ketones is 1. The molecule has 1 aliphatic rings. The zero-order valence-electron chi connectivity index (χ0n) is 13.3. The van der Waals surface area contributed by atoms with Crippen LogP contribution in [-0.4, -0.2) is 26.0 Å². The molecule has 23 heavy (non-hydrogen) atoms. The summed E-state index contributed by atoms with van der Waals surface area (Å²) in [7, 11) is 2.91. The van der Waals surface area contributed by atoms with Crippen LogP contribution in [-0.2, 0) is 11.2 Å². The summed E-state index contributed by atoms with van der Waals surface area (Å²) in [5.74, 6) is 0.825. The van der Waals surface area contributed by atoms with Gasteiger partial charge in [0.15, 0.2) is 5.78 Å². The molecule has 0 amide bonds. The van der Waals surface area contributed by atoms with Crippen LogP contribution in [0.2, 0.25) is 0 Å². The summed E-state index contributed by atoms with van der Waals surface area (Å²) in [5.41, 5.74) is 2.06. The Morgan fingerprint density at radius 1 is 1.22 bits per heavy atom. The van der Waals surface area contributed by atoms with Crippen molar-refractivity contribution in [1.29, 1.82) is 0 Å². The van der Waals surface area contributed by atoms with E-state index < -0.39 is 5.97 Å². The SMILES string of the molecule is COC(=O)c1oc2c(c1C)C(=O)C[C@@H](c1ccccc1OC)C2. The summed E-state index contributed by atoms with van der Waals surface area (Å²) in [6.45, 7) is 1.72. The highest BCUT2D eigenvalue weighted by Gasteiger charge is 2.35. The number of para-hydroxylation sites is 1. The molecule has 0 spiro atoms. The van der Waals surface area contributed by atoms with Crippen molar-refractivity contribution in [2.75, 3.05) is 14.2 Å². The summed E-state index contributed by atoms with van der Waals surface area (Å²) in [6, 6.07) is 7.65. The van der Waals surface area contributed by atoms with E-state index in [0.717, 1.165) is 11.3 Å². The van der Waals surface area contributed by atoms with Gasteiger partial charge in [0.25, 0.3) is 0 Å². The Morgan fingerprint density at radius 3 is 2.65 bits per heavy atom. The fraction of sp³-hybridized carbons (Fsp3) is 0.333. The topological polar surface area (TPSA) is 65.7 Å². The Bertz CT molecular complexity index is 772. The molecule has 0 saturated heterocycles. The average molecular weight is 314 g/mol. The molecule has 1 heterocycles. The second-order valence-electron chi connectivity index (χ2n) is 5.62. The molecule has 0 N–H and O–H groups in total. The number of ether oxygens (including phenoxy) is 2. The van der Waals surface area contributed by atoms with E-state index in [2.05, 4.69) is 0 Å². The van der Waals surface area contributed by atoms with Gasteiger partial charge in [-0.1, -0.05) is 18.2 Å². The third-order valence-corrected chi connectivity index (χ3v) is 4.31. The van der Waals surface area contributed by atoms with Crippen LogP contribution in [0.3, 0.4) is 0 Å². The summed E-state index contributed by atoms with van der Waals surface area (Å²) in [6.07, 6.45) is 0.924. The Hall–Kier alpha value is -2.56. The van der Waals surface area contributed by atoms with Gasteiger partial charge < -0.3 is 13.9 Å². The summed E-state index contributed by atoms with van der Waals surface area (Å²) < 4.78 is 15.8. The van der Waals surface area contributed by atoms with E-state index in [1.165, 1.54) is 7.11 Å². The second kappa shape index (κ2) is 5.91. The molecule has 0 aliphatic heterocycles. The third-order valence-electron chi connectivity index (χ3n) is 4.31. The number of methoxy groups -OCH3 is 2. The van der Waals surface area contributed by atoms with Crippen LogP contribution < -0.4 is 4.74 Å². The molecule has 0 unspecified atom stereocenters. The van der Waals surface area contributed by atoms with Crippen molar-refractivity contribution in [3.63, 3.8) is 0 Å². The van der Waals surface area contributed by atoms with Gasteiger partial charge in [-0.15, -0.1) is 0 Å². The number of rotatable bonds is 3. The van der Waals surface area contributed by atoms with Gasteiger partial charge in [-0.2, -0.15) is 0 Å². The van der Waals surface area contributed by atoms with Gasteiger partial charge in [0.05, 0.1) is 19.8 Å². The smallest absolute Gasteiger partial charge is 0.374 e. The highest BCUT2D eigenvalue weighted by Crippen LogP contribution is 2.39. The van der Waals surface area contributed by atoms with Crippen LogP contribution in [0.25, 0.3) is 0 Å². The average Bonchev–Trinajstić information content (AvgIpc) is 2.91. The molecule has 1 aromatic heterocycles. The minimum Gasteiger partial charge on any atom is -0.496 e. The minimum absolute atomic E-state index is 0.0152. The highest BCUT2D eigenvalue weighted by atomic mass is 16.5. The maximum Gasteiger partial charge on any atom is 0.374 e.